The second kappa shape index (κ2) is 3.37. The molecule has 3 N–H and O–H groups in total. The minimum Gasteiger partial charge on any atom is -0.444 e. The molecule has 0 heterocycles. The molecule has 2 saturated carbocycles. The van der Waals surface area contributed by atoms with Gasteiger partial charge in [-0.15, -0.1) is 0 Å². The van der Waals surface area contributed by atoms with E-state index in [0.717, 1.165) is 6.42 Å². The highest BCUT2D eigenvalue weighted by Gasteiger charge is 2.53. The van der Waals surface area contributed by atoms with Crippen molar-refractivity contribution < 1.29 is 9.53 Å². The van der Waals surface area contributed by atoms with Crippen LogP contribution in [0, 0.1) is 11.8 Å². The summed E-state index contributed by atoms with van der Waals surface area (Å²) in [6, 6.07) is 0.509. The molecule has 4 nitrogen and oxygen atoms in total. The van der Waals surface area contributed by atoms with Crippen LogP contribution in [0.15, 0.2) is 0 Å². The normalized spacial score (nSPS) is 38.4. The fraction of sp³-hybridized carbons (Fsp3) is 0.909. The topological polar surface area (TPSA) is 64.3 Å². The molecule has 0 spiro atoms. The minimum absolute atomic E-state index is 0.236. The SMILES string of the molecule is CC(C)(C)OC(=O)N[C@H]1C[C@@H](N)C2CC21. The van der Waals surface area contributed by atoms with Gasteiger partial charge in [-0.1, -0.05) is 0 Å². The third kappa shape index (κ3) is 2.43. The van der Waals surface area contributed by atoms with E-state index in [1.807, 2.05) is 20.8 Å². The number of hydrogen-bond donors (Lipinski definition) is 2. The van der Waals surface area contributed by atoms with Gasteiger partial charge in [-0.25, -0.2) is 4.79 Å². The number of nitrogens with one attached hydrogen (secondary N) is 1. The number of fused-ring (bicyclic) bond motifs is 1. The molecule has 86 valence electrons. The van der Waals surface area contributed by atoms with Gasteiger partial charge in [0.25, 0.3) is 0 Å². The molecule has 0 aromatic carbocycles. The summed E-state index contributed by atoms with van der Waals surface area (Å²) in [5.41, 5.74) is 5.50. The van der Waals surface area contributed by atoms with Crippen LogP contribution in [-0.2, 0) is 4.74 Å². The van der Waals surface area contributed by atoms with Gasteiger partial charge in [0.15, 0.2) is 0 Å². The quantitative estimate of drug-likeness (QED) is 0.687. The molecule has 4 heteroatoms. The summed E-state index contributed by atoms with van der Waals surface area (Å²) in [5.74, 6) is 1.25. The molecule has 4 atom stereocenters. The largest absolute Gasteiger partial charge is 0.444 e. The third-order valence-electron chi connectivity index (χ3n) is 3.19. The maximum atomic E-state index is 11.5. The molecule has 2 aliphatic rings. The maximum Gasteiger partial charge on any atom is 0.407 e. The Morgan fingerprint density at radius 2 is 2.00 bits per heavy atom. The number of hydrogen-bond acceptors (Lipinski definition) is 3. The van der Waals surface area contributed by atoms with Gasteiger partial charge >= 0.3 is 6.09 Å². The van der Waals surface area contributed by atoms with Crippen molar-refractivity contribution in [1.82, 2.24) is 5.32 Å². The second-order valence-electron chi connectivity index (χ2n) is 5.72. The van der Waals surface area contributed by atoms with Crippen LogP contribution in [0.5, 0.6) is 0 Å². The molecule has 2 unspecified atom stereocenters. The van der Waals surface area contributed by atoms with E-state index in [0.29, 0.717) is 11.8 Å². The summed E-state index contributed by atoms with van der Waals surface area (Å²) in [6.45, 7) is 5.60. The summed E-state index contributed by atoms with van der Waals surface area (Å²) in [4.78, 5) is 11.5. The molecule has 1 amide bonds. The number of alkyl carbamates (subject to hydrolysis) is 1. The highest BCUT2D eigenvalue weighted by molar-refractivity contribution is 5.68. The maximum absolute atomic E-state index is 11.5. The van der Waals surface area contributed by atoms with E-state index in [-0.39, 0.29) is 18.2 Å². The number of amides is 1. The standard InChI is InChI=1S/C11H20N2O2/c1-11(2,3)15-10(14)13-9-5-8(12)6-4-7(6)9/h6-9H,4-5,12H2,1-3H3,(H,13,14)/t6?,7?,8-,9+/m1/s1. The lowest BCUT2D eigenvalue weighted by Gasteiger charge is -2.22. The van der Waals surface area contributed by atoms with E-state index in [2.05, 4.69) is 5.32 Å². The molecule has 2 rings (SSSR count). The van der Waals surface area contributed by atoms with Crippen molar-refractivity contribution >= 4 is 6.09 Å². The van der Waals surface area contributed by atoms with Crippen molar-refractivity contribution in [2.45, 2.75) is 51.3 Å². The van der Waals surface area contributed by atoms with Crippen molar-refractivity contribution in [3.63, 3.8) is 0 Å². The first-order chi connectivity index (χ1) is 6.87. The Hall–Kier alpha value is -0.770. The Kier molecular flexibility index (Phi) is 2.41. The predicted molar refractivity (Wildman–Crippen MR) is 57.3 cm³/mol. The molecule has 0 aromatic heterocycles. The van der Waals surface area contributed by atoms with Gasteiger partial charge in [-0.05, 0) is 45.4 Å². The summed E-state index contributed by atoms with van der Waals surface area (Å²) in [6.07, 6.45) is 1.75. The molecule has 0 bridgehead atoms. The van der Waals surface area contributed by atoms with Crippen LogP contribution in [-0.4, -0.2) is 23.8 Å². The van der Waals surface area contributed by atoms with Crippen molar-refractivity contribution in [2.24, 2.45) is 17.6 Å². The third-order valence-corrected chi connectivity index (χ3v) is 3.19. The Labute approximate surface area is 90.5 Å². The van der Waals surface area contributed by atoms with E-state index in [9.17, 15) is 4.79 Å². The number of carbonyl (C=O) groups excluding carboxylic acids is 1. The van der Waals surface area contributed by atoms with Crippen molar-refractivity contribution in [3.8, 4) is 0 Å². The zero-order chi connectivity index (χ0) is 11.2. The first-order valence-corrected chi connectivity index (χ1v) is 5.62. The molecule has 0 radical (unpaired) electrons. The molecule has 2 fully saturated rings. The van der Waals surface area contributed by atoms with Crippen molar-refractivity contribution in [3.05, 3.63) is 0 Å². The van der Waals surface area contributed by atoms with E-state index >= 15 is 0 Å². The number of carbonyl (C=O) groups is 1. The van der Waals surface area contributed by atoms with Crippen LogP contribution < -0.4 is 11.1 Å². The van der Waals surface area contributed by atoms with E-state index in [1.165, 1.54) is 6.42 Å². The fourth-order valence-corrected chi connectivity index (χ4v) is 2.46. The Balaban J connectivity index is 1.80. The lowest BCUT2D eigenvalue weighted by atomic mass is 10.1. The first kappa shape index (κ1) is 10.7. The van der Waals surface area contributed by atoms with Crippen molar-refractivity contribution in [1.29, 1.82) is 0 Å². The van der Waals surface area contributed by atoms with Crippen LogP contribution in [0.1, 0.15) is 33.6 Å². The van der Waals surface area contributed by atoms with Gasteiger partial charge in [0.1, 0.15) is 5.60 Å². The number of rotatable bonds is 1. The van der Waals surface area contributed by atoms with Crippen LogP contribution in [0.2, 0.25) is 0 Å². The Morgan fingerprint density at radius 1 is 1.33 bits per heavy atom. The lowest BCUT2D eigenvalue weighted by molar-refractivity contribution is 0.0499. The van der Waals surface area contributed by atoms with E-state index < -0.39 is 5.60 Å². The lowest BCUT2D eigenvalue weighted by Crippen LogP contribution is -2.40. The average molecular weight is 212 g/mol. The Bertz CT molecular complexity index is 272. The van der Waals surface area contributed by atoms with Gasteiger partial charge < -0.3 is 15.8 Å². The summed E-state index contributed by atoms with van der Waals surface area (Å²) in [7, 11) is 0. The highest BCUT2D eigenvalue weighted by Crippen LogP contribution is 2.51. The van der Waals surface area contributed by atoms with Gasteiger partial charge in [-0.3, -0.25) is 0 Å². The van der Waals surface area contributed by atoms with E-state index in [1.54, 1.807) is 0 Å². The molecule has 2 aliphatic carbocycles. The van der Waals surface area contributed by atoms with Gasteiger partial charge in [0, 0.05) is 12.1 Å². The fourth-order valence-electron chi connectivity index (χ4n) is 2.46. The minimum atomic E-state index is -0.423. The predicted octanol–water partition coefficient (Wildman–Crippen LogP) is 1.25. The molecule has 0 saturated heterocycles. The molecule has 0 aromatic rings. The zero-order valence-corrected chi connectivity index (χ0v) is 9.62. The summed E-state index contributed by atoms with van der Waals surface area (Å²) in [5, 5.41) is 2.92. The Morgan fingerprint density at radius 3 is 2.40 bits per heavy atom. The van der Waals surface area contributed by atoms with Gasteiger partial charge in [0.05, 0.1) is 0 Å². The van der Waals surface area contributed by atoms with Gasteiger partial charge in [-0.2, -0.15) is 0 Å². The molecular formula is C11H20N2O2. The average Bonchev–Trinajstić information content (AvgIpc) is 2.71. The zero-order valence-electron chi connectivity index (χ0n) is 9.62. The second-order valence-corrected chi connectivity index (χ2v) is 5.72. The molecular weight excluding hydrogens is 192 g/mol. The van der Waals surface area contributed by atoms with Crippen LogP contribution in [0.3, 0.4) is 0 Å². The van der Waals surface area contributed by atoms with Crippen LogP contribution in [0.25, 0.3) is 0 Å². The number of nitrogens with two attached hydrogens (primary N) is 1. The number of ether oxygens (including phenoxy) is 1. The highest BCUT2D eigenvalue weighted by atomic mass is 16.6. The monoisotopic (exact) mass is 212 g/mol. The molecule has 0 aliphatic heterocycles. The molecule has 15 heavy (non-hydrogen) atoms. The van der Waals surface area contributed by atoms with E-state index in [4.69, 9.17) is 10.5 Å². The van der Waals surface area contributed by atoms with Crippen molar-refractivity contribution in [2.75, 3.05) is 0 Å². The van der Waals surface area contributed by atoms with Crippen LogP contribution in [0.4, 0.5) is 4.79 Å². The summed E-state index contributed by atoms with van der Waals surface area (Å²) >= 11 is 0. The smallest absolute Gasteiger partial charge is 0.407 e. The van der Waals surface area contributed by atoms with Gasteiger partial charge in [0.2, 0.25) is 0 Å². The summed E-state index contributed by atoms with van der Waals surface area (Å²) < 4.78 is 5.21. The first-order valence-electron chi connectivity index (χ1n) is 5.62. The van der Waals surface area contributed by atoms with Crippen LogP contribution >= 0.6 is 0 Å².